The molecule has 0 aromatic heterocycles. The van der Waals surface area contributed by atoms with Crippen LogP contribution in [0.15, 0.2) is 0 Å². The molecule has 0 amide bonds. The van der Waals surface area contributed by atoms with Crippen LogP contribution in [0.5, 0.6) is 0 Å². The van der Waals surface area contributed by atoms with E-state index in [-0.39, 0.29) is 5.60 Å². The van der Waals surface area contributed by atoms with E-state index in [1.165, 1.54) is 38.5 Å². The van der Waals surface area contributed by atoms with Crippen molar-refractivity contribution in [2.75, 3.05) is 13.7 Å². The molecule has 0 bridgehead atoms. The molecule has 2 fully saturated rings. The zero-order valence-corrected chi connectivity index (χ0v) is 12.0. The highest BCUT2D eigenvalue weighted by Crippen LogP contribution is 2.45. The predicted octanol–water partition coefficient (Wildman–Crippen LogP) is 3.36. The number of hydrogen-bond acceptors (Lipinski definition) is 2. The van der Waals surface area contributed by atoms with Crippen molar-refractivity contribution in [2.45, 2.75) is 70.9 Å². The first-order chi connectivity index (χ1) is 7.95. The van der Waals surface area contributed by atoms with Crippen LogP contribution in [0.1, 0.15) is 59.3 Å². The molecule has 1 heterocycles. The van der Waals surface area contributed by atoms with Gasteiger partial charge in [0.05, 0.1) is 5.60 Å². The molecule has 1 saturated heterocycles. The van der Waals surface area contributed by atoms with Crippen LogP contribution in [0.3, 0.4) is 0 Å². The predicted molar refractivity (Wildman–Crippen MR) is 72.2 cm³/mol. The molecule has 0 aromatic rings. The summed E-state index contributed by atoms with van der Waals surface area (Å²) in [6.07, 6.45) is 7.64. The summed E-state index contributed by atoms with van der Waals surface area (Å²) >= 11 is 0. The number of hydrogen-bond donors (Lipinski definition) is 1. The molecule has 2 aliphatic rings. The highest BCUT2D eigenvalue weighted by molar-refractivity contribution is 4.95. The van der Waals surface area contributed by atoms with Crippen LogP contribution in [0.25, 0.3) is 0 Å². The van der Waals surface area contributed by atoms with Crippen molar-refractivity contribution in [3.63, 3.8) is 0 Å². The van der Waals surface area contributed by atoms with Crippen molar-refractivity contribution >= 4 is 0 Å². The van der Waals surface area contributed by atoms with Gasteiger partial charge in [-0.2, -0.15) is 0 Å². The molecule has 2 nitrogen and oxygen atoms in total. The molecule has 1 N–H and O–H groups in total. The Balaban J connectivity index is 1.93. The van der Waals surface area contributed by atoms with E-state index in [0.29, 0.717) is 11.5 Å². The summed E-state index contributed by atoms with van der Waals surface area (Å²) in [6.45, 7) is 8.10. The molecule has 1 aliphatic heterocycles. The Morgan fingerprint density at radius 3 is 2.29 bits per heavy atom. The molecule has 1 spiro atoms. The number of nitrogens with one attached hydrogen (secondary N) is 1. The summed E-state index contributed by atoms with van der Waals surface area (Å²) in [5, 5.41) is 3.44. The first-order valence-corrected chi connectivity index (χ1v) is 7.26. The molecule has 1 saturated carbocycles. The summed E-state index contributed by atoms with van der Waals surface area (Å²) < 4.78 is 6.16. The van der Waals surface area contributed by atoms with Gasteiger partial charge in [-0.25, -0.2) is 0 Å². The maximum Gasteiger partial charge on any atom is 0.0697 e. The minimum absolute atomic E-state index is 0.216. The van der Waals surface area contributed by atoms with E-state index in [4.69, 9.17) is 4.74 Å². The van der Waals surface area contributed by atoms with E-state index >= 15 is 0 Å². The van der Waals surface area contributed by atoms with Crippen molar-refractivity contribution in [3.05, 3.63) is 0 Å². The monoisotopic (exact) mass is 239 g/mol. The van der Waals surface area contributed by atoms with Crippen LogP contribution in [0.4, 0.5) is 0 Å². The smallest absolute Gasteiger partial charge is 0.0697 e. The van der Waals surface area contributed by atoms with Gasteiger partial charge in [-0.15, -0.1) is 0 Å². The van der Waals surface area contributed by atoms with Crippen LogP contribution in [0, 0.1) is 11.3 Å². The minimum Gasteiger partial charge on any atom is -0.375 e. The fraction of sp³-hybridized carbons (Fsp3) is 1.00. The Morgan fingerprint density at radius 2 is 1.76 bits per heavy atom. The Morgan fingerprint density at radius 1 is 1.12 bits per heavy atom. The van der Waals surface area contributed by atoms with Gasteiger partial charge in [-0.05, 0) is 56.9 Å². The van der Waals surface area contributed by atoms with Gasteiger partial charge in [0.15, 0.2) is 0 Å². The van der Waals surface area contributed by atoms with E-state index < -0.39 is 0 Å². The average Bonchev–Trinajstić information content (AvgIpc) is 2.28. The Labute approximate surface area is 107 Å². The maximum absolute atomic E-state index is 6.16. The van der Waals surface area contributed by atoms with Gasteiger partial charge in [0.25, 0.3) is 0 Å². The molecular formula is C15H29NO. The lowest BCUT2D eigenvalue weighted by atomic mass is 9.66. The van der Waals surface area contributed by atoms with Crippen molar-refractivity contribution in [1.82, 2.24) is 5.32 Å². The normalized spacial score (nSPS) is 39.5. The molecule has 0 radical (unpaired) electrons. The van der Waals surface area contributed by atoms with Gasteiger partial charge >= 0.3 is 0 Å². The highest BCUT2D eigenvalue weighted by Gasteiger charge is 2.42. The second-order valence-corrected chi connectivity index (χ2v) is 7.15. The number of ether oxygens (including phenoxy) is 1. The largest absolute Gasteiger partial charge is 0.375 e. The minimum atomic E-state index is 0.216. The molecule has 0 aromatic carbocycles. The van der Waals surface area contributed by atoms with E-state index in [0.717, 1.165) is 12.5 Å². The van der Waals surface area contributed by atoms with Crippen LogP contribution in [0.2, 0.25) is 0 Å². The van der Waals surface area contributed by atoms with Gasteiger partial charge < -0.3 is 10.1 Å². The van der Waals surface area contributed by atoms with E-state index in [1.807, 2.05) is 0 Å². The first-order valence-electron chi connectivity index (χ1n) is 7.26. The molecule has 1 atom stereocenters. The molecular weight excluding hydrogens is 210 g/mol. The molecule has 2 rings (SSSR count). The maximum atomic E-state index is 6.16. The van der Waals surface area contributed by atoms with Gasteiger partial charge in [0, 0.05) is 12.6 Å². The third kappa shape index (κ3) is 3.03. The van der Waals surface area contributed by atoms with Crippen LogP contribution in [-0.2, 0) is 4.74 Å². The van der Waals surface area contributed by atoms with Crippen molar-refractivity contribution in [3.8, 4) is 0 Å². The summed E-state index contributed by atoms with van der Waals surface area (Å²) in [5.74, 6) is 0.881. The second kappa shape index (κ2) is 4.89. The number of rotatable bonds is 1. The van der Waals surface area contributed by atoms with E-state index in [1.54, 1.807) is 0 Å². The Hall–Kier alpha value is -0.0800. The van der Waals surface area contributed by atoms with Crippen LogP contribution in [-0.4, -0.2) is 25.3 Å². The molecule has 17 heavy (non-hydrogen) atoms. The van der Waals surface area contributed by atoms with Crippen molar-refractivity contribution in [1.29, 1.82) is 0 Å². The highest BCUT2D eigenvalue weighted by atomic mass is 16.5. The van der Waals surface area contributed by atoms with Crippen LogP contribution >= 0.6 is 0 Å². The van der Waals surface area contributed by atoms with Gasteiger partial charge in [0.1, 0.15) is 0 Å². The lowest BCUT2D eigenvalue weighted by Gasteiger charge is -2.47. The molecule has 2 heteroatoms. The lowest BCUT2D eigenvalue weighted by molar-refractivity contribution is -0.120. The van der Waals surface area contributed by atoms with Gasteiger partial charge in [-0.3, -0.25) is 0 Å². The van der Waals surface area contributed by atoms with Gasteiger partial charge in [0.2, 0.25) is 0 Å². The summed E-state index contributed by atoms with van der Waals surface area (Å²) in [7, 11) is 2.09. The fourth-order valence-electron chi connectivity index (χ4n) is 3.63. The zero-order valence-electron chi connectivity index (χ0n) is 12.0. The summed E-state index contributed by atoms with van der Waals surface area (Å²) in [4.78, 5) is 0. The average molecular weight is 239 g/mol. The molecule has 1 unspecified atom stereocenters. The Bertz CT molecular complexity index is 248. The van der Waals surface area contributed by atoms with Crippen LogP contribution < -0.4 is 5.32 Å². The SMILES string of the molecule is CNC1CCOC2(CCC(C(C)(C)C)CC2)C1. The second-order valence-electron chi connectivity index (χ2n) is 7.15. The standard InChI is InChI=1S/C15H29NO/c1-14(2,3)12-5-8-15(9-6-12)11-13(16-4)7-10-17-15/h12-13,16H,5-11H2,1-4H3. The quantitative estimate of drug-likeness (QED) is 0.757. The Kier molecular flexibility index (Phi) is 3.84. The van der Waals surface area contributed by atoms with Crippen molar-refractivity contribution < 1.29 is 4.74 Å². The van der Waals surface area contributed by atoms with Crippen molar-refractivity contribution in [2.24, 2.45) is 11.3 Å². The van der Waals surface area contributed by atoms with E-state index in [2.05, 4.69) is 33.1 Å². The summed E-state index contributed by atoms with van der Waals surface area (Å²) in [6, 6.07) is 0.676. The first kappa shape index (κ1) is 13.4. The third-order valence-electron chi connectivity index (χ3n) is 5.02. The lowest BCUT2D eigenvalue weighted by Crippen LogP contribution is -2.48. The summed E-state index contributed by atoms with van der Waals surface area (Å²) in [5.41, 5.74) is 0.687. The molecule has 100 valence electrons. The zero-order chi connectivity index (χ0) is 12.5. The van der Waals surface area contributed by atoms with Gasteiger partial charge in [-0.1, -0.05) is 20.8 Å². The van der Waals surface area contributed by atoms with E-state index in [9.17, 15) is 0 Å². The topological polar surface area (TPSA) is 21.3 Å². The molecule has 1 aliphatic carbocycles. The third-order valence-corrected chi connectivity index (χ3v) is 5.02. The fourth-order valence-corrected chi connectivity index (χ4v) is 3.63.